The van der Waals surface area contributed by atoms with E-state index in [0.717, 1.165) is 18.6 Å². The quantitative estimate of drug-likeness (QED) is 0.577. The van der Waals surface area contributed by atoms with Gasteiger partial charge in [0.2, 0.25) is 0 Å². The summed E-state index contributed by atoms with van der Waals surface area (Å²) in [5.74, 6) is 0. The van der Waals surface area contributed by atoms with Crippen LogP contribution in [0.25, 0.3) is 0 Å². The van der Waals surface area contributed by atoms with E-state index in [2.05, 4.69) is 44.8 Å². The Hall–Kier alpha value is -0.0800. The van der Waals surface area contributed by atoms with Crippen LogP contribution in [-0.2, 0) is 0 Å². The largest absolute Gasteiger partial charge is 0.317 e. The van der Waals surface area contributed by atoms with Crippen molar-refractivity contribution >= 4 is 0 Å². The van der Waals surface area contributed by atoms with Gasteiger partial charge in [0, 0.05) is 12.1 Å². The number of hydrogen-bond acceptors (Lipinski definition) is 2. The lowest BCUT2D eigenvalue weighted by Crippen LogP contribution is -2.40. The highest BCUT2D eigenvalue weighted by molar-refractivity contribution is 4.71. The lowest BCUT2D eigenvalue weighted by Gasteiger charge is -2.33. The van der Waals surface area contributed by atoms with E-state index in [1.807, 2.05) is 0 Å². The number of rotatable bonds is 10. The van der Waals surface area contributed by atoms with Crippen LogP contribution in [-0.4, -0.2) is 36.6 Å². The van der Waals surface area contributed by atoms with Crippen LogP contribution in [0, 0.1) is 0 Å². The van der Waals surface area contributed by atoms with Gasteiger partial charge in [-0.2, -0.15) is 0 Å². The molecule has 98 valence electrons. The summed E-state index contributed by atoms with van der Waals surface area (Å²) < 4.78 is 0. The first kappa shape index (κ1) is 15.9. The molecule has 0 radical (unpaired) electrons. The highest BCUT2D eigenvalue weighted by Gasteiger charge is 2.16. The third-order valence-corrected chi connectivity index (χ3v) is 3.49. The van der Waals surface area contributed by atoms with Crippen LogP contribution < -0.4 is 5.32 Å². The van der Waals surface area contributed by atoms with Crippen molar-refractivity contribution in [3.05, 3.63) is 0 Å². The van der Waals surface area contributed by atoms with Crippen molar-refractivity contribution in [1.82, 2.24) is 10.2 Å². The first-order valence-electron chi connectivity index (χ1n) is 7.13. The Morgan fingerprint density at radius 3 is 2.19 bits per heavy atom. The van der Waals surface area contributed by atoms with Gasteiger partial charge in [0.1, 0.15) is 0 Å². The highest BCUT2D eigenvalue weighted by atomic mass is 15.2. The molecule has 0 aliphatic carbocycles. The second kappa shape index (κ2) is 10.1. The summed E-state index contributed by atoms with van der Waals surface area (Å²) >= 11 is 0. The topological polar surface area (TPSA) is 15.3 Å². The summed E-state index contributed by atoms with van der Waals surface area (Å²) in [5, 5.41) is 3.47. The van der Waals surface area contributed by atoms with Crippen molar-refractivity contribution in [2.24, 2.45) is 0 Å². The van der Waals surface area contributed by atoms with E-state index in [1.165, 1.54) is 38.8 Å². The van der Waals surface area contributed by atoms with Gasteiger partial charge in [-0.15, -0.1) is 0 Å². The van der Waals surface area contributed by atoms with E-state index in [0.29, 0.717) is 0 Å². The van der Waals surface area contributed by atoms with Crippen molar-refractivity contribution in [2.75, 3.05) is 19.6 Å². The molecule has 0 saturated heterocycles. The summed E-state index contributed by atoms with van der Waals surface area (Å²) in [7, 11) is 0. The molecule has 0 aromatic carbocycles. The molecule has 16 heavy (non-hydrogen) atoms. The first-order chi connectivity index (χ1) is 7.67. The minimum Gasteiger partial charge on any atom is -0.317 e. The summed E-state index contributed by atoms with van der Waals surface area (Å²) in [5.41, 5.74) is 0. The van der Waals surface area contributed by atoms with E-state index in [1.54, 1.807) is 0 Å². The summed E-state index contributed by atoms with van der Waals surface area (Å²) in [6, 6.07) is 1.45. The predicted octanol–water partition coefficient (Wildman–Crippen LogP) is 3.28. The molecule has 0 aliphatic heterocycles. The molecule has 1 N–H and O–H groups in total. The smallest absolute Gasteiger partial charge is 0.00701 e. The van der Waals surface area contributed by atoms with Crippen LogP contribution in [0.1, 0.15) is 60.3 Å². The maximum Gasteiger partial charge on any atom is 0.00701 e. The first-order valence-corrected chi connectivity index (χ1v) is 7.13. The third kappa shape index (κ3) is 6.49. The van der Waals surface area contributed by atoms with E-state index < -0.39 is 0 Å². The molecule has 0 bridgehead atoms. The number of nitrogens with one attached hydrogen (secondary N) is 1. The molecule has 0 aliphatic rings. The summed E-state index contributed by atoms with van der Waals surface area (Å²) in [6.45, 7) is 15.0. The fraction of sp³-hybridized carbons (Fsp3) is 1.00. The minimum absolute atomic E-state index is 0.725. The Morgan fingerprint density at radius 2 is 1.69 bits per heavy atom. The Kier molecular flexibility index (Phi) is 10.0. The van der Waals surface area contributed by atoms with Gasteiger partial charge in [0.25, 0.3) is 0 Å². The zero-order chi connectivity index (χ0) is 12.4. The van der Waals surface area contributed by atoms with Crippen molar-refractivity contribution in [3.63, 3.8) is 0 Å². The van der Waals surface area contributed by atoms with Gasteiger partial charge in [-0.1, -0.05) is 20.8 Å². The standard InChI is InChI=1S/C14H32N2/c1-6-11-15-12-9-10-14(5)16(8-3)13(4)7-2/h13-15H,6-12H2,1-5H3. The SMILES string of the molecule is CCCNCCCC(C)N(CC)C(C)CC. The van der Waals surface area contributed by atoms with E-state index in [4.69, 9.17) is 0 Å². The van der Waals surface area contributed by atoms with Crippen LogP contribution in [0.3, 0.4) is 0 Å². The maximum atomic E-state index is 3.47. The monoisotopic (exact) mass is 228 g/mol. The third-order valence-electron chi connectivity index (χ3n) is 3.49. The average molecular weight is 228 g/mol. The van der Waals surface area contributed by atoms with Crippen LogP contribution in [0.4, 0.5) is 0 Å². The van der Waals surface area contributed by atoms with Crippen LogP contribution in [0.15, 0.2) is 0 Å². The van der Waals surface area contributed by atoms with Gasteiger partial charge in [-0.05, 0) is 59.2 Å². The van der Waals surface area contributed by atoms with Crippen LogP contribution in [0.5, 0.6) is 0 Å². The molecular weight excluding hydrogens is 196 g/mol. The van der Waals surface area contributed by atoms with Gasteiger partial charge in [0.05, 0.1) is 0 Å². The Balaban J connectivity index is 3.71. The lowest BCUT2D eigenvalue weighted by molar-refractivity contribution is 0.149. The Labute approximate surface area is 103 Å². The molecule has 0 aromatic heterocycles. The van der Waals surface area contributed by atoms with Gasteiger partial charge in [-0.25, -0.2) is 0 Å². The molecule has 2 heteroatoms. The van der Waals surface area contributed by atoms with Crippen molar-refractivity contribution < 1.29 is 0 Å². The maximum absolute atomic E-state index is 3.47. The number of hydrogen-bond donors (Lipinski definition) is 1. The van der Waals surface area contributed by atoms with Gasteiger partial charge in [0.15, 0.2) is 0 Å². The zero-order valence-corrected chi connectivity index (χ0v) is 12.1. The molecular formula is C14H32N2. The molecule has 0 amide bonds. The van der Waals surface area contributed by atoms with E-state index in [-0.39, 0.29) is 0 Å². The van der Waals surface area contributed by atoms with Crippen molar-refractivity contribution in [3.8, 4) is 0 Å². The van der Waals surface area contributed by atoms with Crippen molar-refractivity contribution in [1.29, 1.82) is 0 Å². The minimum atomic E-state index is 0.725. The van der Waals surface area contributed by atoms with Gasteiger partial charge in [-0.3, -0.25) is 4.90 Å². The highest BCUT2D eigenvalue weighted by Crippen LogP contribution is 2.12. The lowest BCUT2D eigenvalue weighted by atomic mass is 10.1. The van der Waals surface area contributed by atoms with E-state index in [9.17, 15) is 0 Å². The molecule has 2 atom stereocenters. The van der Waals surface area contributed by atoms with Crippen LogP contribution >= 0.6 is 0 Å². The molecule has 2 nitrogen and oxygen atoms in total. The molecule has 2 unspecified atom stereocenters. The summed E-state index contributed by atoms with van der Waals surface area (Å²) in [4.78, 5) is 2.62. The van der Waals surface area contributed by atoms with Gasteiger partial charge < -0.3 is 5.32 Å². The summed E-state index contributed by atoms with van der Waals surface area (Å²) in [6.07, 6.45) is 5.11. The fourth-order valence-corrected chi connectivity index (χ4v) is 2.28. The average Bonchev–Trinajstić information content (AvgIpc) is 2.29. The molecule has 0 spiro atoms. The molecule has 0 saturated carbocycles. The van der Waals surface area contributed by atoms with Crippen LogP contribution in [0.2, 0.25) is 0 Å². The Bertz CT molecular complexity index is 148. The fourth-order valence-electron chi connectivity index (χ4n) is 2.28. The number of nitrogens with zero attached hydrogens (tertiary/aromatic N) is 1. The molecule has 0 aromatic rings. The normalized spacial score (nSPS) is 15.4. The second-order valence-corrected chi connectivity index (χ2v) is 4.83. The Morgan fingerprint density at radius 1 is 1.00 bits per heavy atom. The van der Waals surface area contributed by atoms with Crippen molar-refractivity contribution in [2.45, 2.75) is 72.4 Å². The molecule has 0 fully saturated rings. The molecule has 0 rings (SSSR count). The molecule has 0 heterocycles. The van der Waals surface area contributed by atoms with E-state index >= 15 is 0 Å². The predicted molar refractivity (Wildman–Crippen MR) is 74.0 cm³/mol. The zero-order valence-electron chi connectivity index (χ0n) is 12.1. The second-order valence-electron chi connectivity index (χ2n) is 4.83. The van der Waals surface area contributed by atoms with Gasteiger partial charge >= 0.3 is 0 Å².